The zero-order valence-corrected chi connectivity index (χ0v) is 15.0. The SMILES string of the molecule is Cc1nc2c(C#N)c(C(F)F)nn2c(N)c1-c1ccnc2cc(Cl)c(F)cc12. The monoisotopic (exact) mass is 402 g/mol. The highest BCUT2D eigenvalue weighted by Gasteiger charge is 2.25. The molecule has 0 fully saturated rings. The molecule has 6 nitrogen and oxygen atoms in total. The lowest BCUT2D eigenvalue weighted by Gasteiger charge is -2.13. The van der Waals surface area contributed by atoms with Crippen molar-refractivity contribution in [3.8, 4) is 17.2 Å². The Labute approximate surface area is 161 Å². The fraction of sp³-hybridized carbons (Fsp3) is 0.111. The van der Waals surface area contributed by atoms with Crippen LogP contribution in [0.25, 0.3) is 27.7 Å². The maximum Gasteiger partial charge on any atom is 0.283 e. The van der Waals surface area contributed by atoms with Gasteiger partial charge in [0.1, 0.15) is 29.0 Å². The predicted molar refractivity (Wildman–Crippen MR) is 97.5 cm³/mol. The van der Waals surface area contributed by atoms with Crippen molar-refractivity contribution in [2.75, 3.05) is 5.73 Å². The van der Waals surface area contributed by atoms with Crippen LogP contribution in [-0.2, 0) is 0 Å². The van der Waals surface area contributed by atoms with Crippen LogP contribution in [0.4, 0.5) is 19.0 Å². The Kier molecular flexibility index (Phi) is 4.08. The van der Waals surface area contributed by atoms with Gasteiger partial charge in [-0.2, -0.15) is 14.9 Å². The summed E-state index contributed by atoms with van der Waals surface area (Å²) in [5.41, 5.74) is 6.76. The van der Waals surface area contributed by atoms with Crippen molar-refractivity contribution >= 4 is 34.0 Å². The molecule has 4 aromatic rings. The molecule has 4 rings (SSSR count). The molecule has 0 atom stereocenters. The molecular formula is C18H10ClF3N6. The maximum atomic E-state index is 14.0. The molecule has 0 bridgehead atoms. The van der Waals surface area contributed by atoms with Gasteiger partial charge in [-0.25, -0.2) is 18.2 Å². The highest BCUT2D eigenvalue weighted by atomic mass is 35.5. The lowest BCUT2D eigenvalue weighted by molar-refractivity contribution is 0.145. The fourth-order valence-electron chi connectivity index (χ4n) is 3.15. The summed E-state index contributed by atoms with van der Waals surface area (Å²) in [4.78, 5) is 8.43. The van der Waals surface area contributed by atoms with Gasteiger partial charge < -0.3 is 5.73 Å². The van der Waals surface area contributed by atoms with E-state index in [4.69, 9.17) is 17.3 Å². The molecule has 1 aromatic carbocycles. The lowest BCUT2D eigenvalue weighted by Crippen LogP contribution is -2.06. The Hall–Kier alpha value is -3.38. The second-order valence-corrected chi connectivity index (χ2v) is 6.41. The average Bonchev–Trinajstić information content (AvgIpc) is 3.02. The smallest absolute Gasteiger partial charge is 0.283 e. The molecule has 0 aliphatic rings. The minimum absolute atomic E-state index is 0.00578. The molecule has 28 heavy (non-hydrogen) atoms. The summed E-state index contributed by atoms with van der Waals surface area (Å²) in [5, 5.41) is 13.3. The number of rotatable bonds is 2. The van der Waals surface area contributed by atoms with E-state index >= 15 is 0 Å². The minimum atomic E-state index is -2.96. The molecule has 0 amide bonds. The summed E-state index contributed by atoms with van der Waals surface area (Å²) in [7, 11) is 0. The van der Waals surface area contributed by atoms with Gasteiger partial charge in [0.25, 0.3) is 6.43 Å². The number of alkyl halides is 2. The molecule has 0 saturated carbocycles. The normalized spacial score (nSPS) is 11.5. The molecule has 0 radical (unpaired) electrons. The molecule has 140 valence electrons. The minimum Gasteiger partial charge on any atom is -0.383 e. The highest BCUT2D eigenvalue weighted by Crippen LogP contribution is 2.36. The number of aromatic nitrogens is 4. The van der Waals surface area contributed by atoms with Gasteiger partial charge in [0.15, 0.2) is 5.65 Å². The number of aryl methyl sites for hydroxylation is 1. The van der Waals surface area contributed by atoms with Gasteiger partial charge in [0.2, 0.25) is 0 Å². The van der Waals surface area contributed by atoms with Gasteiger partial charge >= 0.3 is 0 Å². The molecule has 0 aliphatic carbocycles. The molecule has 2 N–H and O–H groups in total. The third-order valence-corrected chi connectivity index (χ3v) is 4.67. The van der Waals surface area contributed by atoms with E-state index in [9.17, 15) is 18.4 Å². The van der Waals surface area contributed by atoms with Crippen molar-refractivity contribution in [3.05, 3.63) is 52.2 Å². The molecule has 3 aromatic heterocycles. The average molecular weight is 403 g/mol. The zero-order valence-electron chi connectivity index (χ0n) is 14.2. The molecule has 3 heterocycles. The maximum absolute atomic E-state index is 14.0. The van der Waals surface area contributed by atoms with E-state index in [1.807, 2.05) is 0 Å². The quantitative estimate of drug-likeness (QED) is 0.535. The van der Waals surface area contributed by atoms with Crippen LogP contribution in [0, 0.1) is 24.1 Å². The van der Waals surface area contributed by atoms with Crippen LogP contribution in [-0.4, -0.2) is 19.6 Å². The van der Waals surface area contributed by atoms with Crippen molar-refractivity contribution < 1.29 is 13.2 Å². The third kappa shape index (κ3) is 2.53. The summed E-state index contributed by atoms with van der Waals surface area (Å²) in [6.45, 7) is 1.61. The summed E-state index contributed by atoms with van der Waals surface area (Å²) in [5.74, 6) is -0.645. The van der Waals surface area contributed by atoms with Crippen LogP contribution in [0.5, 0.6) is 0 Å². The van der Waals surface area contributed by atoms with E-state index in [-0.39, 0.29) is 22.1 Å². The molecule has 0 aliphatic heterocycles. The number of fused-ring (bicyclic) bond motifs is 2. The molecular weight excluding hydrogens is 393 g/mol. The van der Waals surface area contributed by atoms with Gasteiger partial charge in [-0.3, -0.25) is 4.98 Å². The number of nitrogens with zero attached hydrogens (tertiary/aromatic N) is 5. The summed E-state index contributed by atoms with van der Waals surface area (Å²) in [6.07, 6.45) is -1.47. The van der Waals surface area contributed by atoms with Crippen molar-refractivity contribution in [2.45, 2.75) is 13.3 Å². The van der Waals surface area contributed by atoms with E-state index < -0.39 is 17.9 Å². The first kappa shape index (κ1) is 18.0. The van der Waals surface area contributed by atoms with Crippen LogP contribution in [0.3, 0.4) is 0 Å². The third-order valence-electron chi connectivity index (χ3n) is 4.38. The van der Waals surface area contributed by atoms with E-state index in [0.717, 1.165) is 4.52 Å². The summed E-state index contributed by atoms with van der Waals surface area (Å²) < 4.78 is 41.5. The van der Waals surface area contributed by atoms with Crippen molar-refractivity contribution in [1.82, 2.24) is 19.6 Å². The van der Waals surface area contributed by atoms with Crippen molar-refractivity contribution in [2.24, 2.45) is 0 Å². The van der Waals surface area contributed by atoms with E-state index in [1.54, 1.807) is 19.1 Å². The Morgan fingerprint density at radius 3 is 2.75 bits per heavy atom. The molecule has 10 heteroatoms. The Morgan fingerprint density at radius 1 is 1.32 bits per heavy atom. The van der Waals surface area contributed by atoms with Gasteiger partial charge in [-0.05, 0) is 30.7 Å². The number of nitrogen functional groups attached to an aromatic ring is 1. The molecule has 0 saturated heterocycles. The van der Waals surface area contributed by atoms with Crippen LogP contribution in [0.1, 0.15) is 23.4 Å². The number of hydrogen-bond acceptors (Lipinski definition) is 5. The summed E-state index contributed by atoms with van der Waals surface area (Å²) in [6, 6.07) is 5.90. The number of nitriles is 1. The number of hydrogen-bond donors (Lipinski definition) is 1. The van der Waals surface area contributed by atoms with Gasteiger partial charge in [-0.1, -0.05) is 11.6 Å². The number of halogens is 4. The standard InChI is InChI=1S/C18H10ClF3N6/c1-7-14(8-2-3-25-13-5-11(19)12(20)4-9(8)13)17(24)28-18(26-7)10(6-23)15(27-28)16(21)22/h2-5,16H,24H2,1H3. The molecule has 0 unspecified atom stereocenters. The number of pyridine rings is 1. The van der Waals surface area contributed by atoms with Crippen LogP contribution >= 0.6 is 11.6 Å². The van der Waals surface area contributed by atoms with Crippen molar-refractivity contribution in [1.29, 1.82) is 5.26 Å². The van der Waals surface area contributed by atoms with Crippen LogP contribution in [0.15, 0.2) is 24.4 Å². The Morgan fingerprint density at radius 2 is 2.07 bits per heavy atom. The van der Waals surface area contributed by atoms with Gasteiger partial charge in [0, 0.05) is 17.1 Å². The van der Waals surface area contributed by atoms with Crippen LogP contribution < -0.4 is 5.73 Å². The first-order valence-electron chi connectivity index (χ1n) is 7.94. The fourth-order valence-corrected chi connectivity index (χ4v) is 3.31. The van der Waals surface area contributed by atoms with Crippen molar-refractivity contribution in [3.63, 3.8) is 0 Å². The number of anilines is 1. The van der Waals surface area contributed by atoms with Crippen LogP contribution in [0.2, 0.25) is 5.02 Å². The second-order valence-electron chi connectivity index (χ2n) is 6.01. The largest absolute Gasteiger partial charge is 0.383 e. The highest BCUT2D eigenvalue weighted by molar-refractivity contribution is 6.31. The van der Waals surface area contributed by atoms with Gasteiger partial charge in [-0.15, -0.1) is 0 Å². The first-order valence-corrected chi connectivity index (χ1v) is 8.32. The van der Waals surface area contributed by atoms with Gasteiger partial charge in [0.05, 0.1) is 16.2 Å². The lowest BCUT2D eigenvalue weighted by atomic mass is 10.0. The number of nitrogens with two attached hydrogens (primary N) is 1. The number of benzene rings is 1. The molecule has 0 spiro atoms. The predicted octanol–water partition coefficient (Wildman–Crippen LogP) is 4.44. The van der Waals surface area contributed by atoms with E-state index in [0.29, 0.717) is 27.7 Å². The topological polar surface area (TPSA) is 92.9 Å². The van der Waals surface area contributed by atoms with E-state index in [1.165, 1.54) is 18.3 Å². The zero-order chi connectivity index (χ0) is 20.2. The van der Waals surface area contributed by atoms with E-state index in [2.05, 4.69) is 15.1 Å². The Bertz CT molecular complexity index is 1310. The summed E-state index contributed by atoms with van der Waals surface area (Å²) >= 11 is 5.82. The first-order chi connectivity index (χ1) is 13.3. The second kappa shape index (κ2) is 6.35. The Balaban J connectivity index is 2.10.